The predicted octanol–water partition coefficient (Wildman–Crippen LogP) is 2.98. The molecule has 2 heterocycles. The van der Waals surface area contributed by atoms with Gasteiger partial charge in [0.1, 0.15) is 10.7 Å². The minimum Gasteiger partial charge on any atom is -0.366 e. The Labute approximate surface area is 162 Å². The molecule has 2 N–H and O–H groups in total. The van der Waals surface area contributed by atoms with E-state index >= 15 is 0 Å². The Morgan fingerprint density at radius 2 is 1.70 bits per heavy atom. The molecule has 0 amide bonds. The normalized spacial score (nSPS) is 16.0. The average Bonchev–Trinajstić information content (AvgIpc) is 2.96. The molecule has 1 fully saturated rings. The van der Waals surface area contributed by atoms with Crippen molar-refractivity contribution in [2.75, 3.05) is 25.5 Å². The molecule has 1 aliphatic heterocycles. The smallest absolute Gasteiger partial charge is 0.241 e. The summed E-state index contributed by atoms with van der Waals surface area (Å²) in [7, 11) is -2.06. The molecule has 3 rings (SSSR count). The van der Waals surface area contributed by atoms with E-state index < -0.39 is 10.0 Å². The van der Waals surface area contributed by atoms with Crippen molar-refractivity contribution in [2.45, 2.75) is 43.7 Å². The van der Waals surface area contributed by atoms with Crippen LogP contribution in [0.15, 0.2) is 47.5 Å². The lowest BCUT2D eigenvalue weighted by atomic mass is 10.1. The zero-order chi connectivity index (χ0) is 19.1. The summed E-state index contributed by atoms with van der Waals surface area (Å²) in [6, 6.07) is 11.7. The first-order valence-corrected chi connectivity index (χ1v) is 11.0. The van der Waals surface area contributed by atoms with Crippen molar-refractivity contribution < 1.29 is 8.42 Å². The first kappa shape index (κ1) is 19.8. The molecule has 1 aromatic heterocycles. The molecule has 1 saturated heterocycles. The van der Waals surface area contributed by atoms with Crippen molar-refractivity contribution in [1.82, 2.24) is 14.6 Å². The highest BCUT2D eigenvalue weighted by molar-refractivity contribution is 7.89. The van der Waals surface area contributed by atoms with E-state index in [0.717, 1.165) is 6.54 Å². The van der Waals surface area contributed by atoms with Crippen LogP contribution in [0.1, 0.15) is 36.8 Å². The van der Waals surface area contributed by atoms with E-state index in [1.807, 2.05) is 0 Å². The number of nitrogens with zero attached hydrogens (tertiary/aromatic N) is 2. The van der Waals surface area contributed by atoms with Gasteiger partial charge in [-0.05, 0) is 56.2 Å². The van der Waals surface area contributed by atoms with Gasteiger partial charge in [-0.15, -0.1) is 0 Å². The number of hydrogen-bond acceptors (Lipinski definition) is 5. The van der Waals surface area contributed by atoms with Crippen LogP contribution in [0, 0.1) is 0 Å². The summed E-state index contributed by atoms with van der Waals surface area (Å²) < 4.78 is 25.8. The van der Waals surface area contributed by atoms with Crippen LogP contribution in [0.3, 0.4) is 0 Å². The number of nitrogens with one attached hydrogen (secondary N) is 2. The summed E-state index contributed by atoms with van der Waals surface area (Å²) in [5.41, 5.74) is 2.58. The number of hydrogen-bond donors (Lipinski definition) is 2. The monoisotopic (exact) mass is 388 g/mol. The number of benzene rings is 1. The number of rotatable bonds is 7. The van der Waals surface area contributed by atoms with Crippen LogP contribution in [0.2, 0.25) is 0 Å². The van der Waals surface area contributed by atoms with Gasteiger partial charge in [0, 0.05) is 19.3 Å². The van der Waals surface area contributed by atoms with Gasteiger partial charge in [0.15, 0.2) is 0 Å². The van der Waals surface area contributed by atoms with Crippen LogP contribution >= 0.6 is 0 Å². The second kappa shape index (κ2) is 9.30. The van der Waals surface area contributed by atoms with Gasteiger partial charge in [0.05, 0.1) is 0 Å². The van der Waals surface area contributed by atoms with Gasteiger partial charge >= 0.3 is 0 Å². The van der Waals surface area contributed by atoms with Crippen LogP contribution in [0.4, 0.5) is 5.82 Å². The molecule has 0 saturated carbocycles. The van der Waals surface area contributed by atoms with Crippen molar-refractivity contribution >= 4 is 15.8 Å². The lowest BCUT2D eigenvalue weighted by Gasteiger charge is -2.21. The summed E-state index contributed by atoms with van der Waals surface area (Å²) in [6.07, 6.45) is 6.62. The molecular formula is C20H28N4O2S. The van der Waals surface area contributed by atoms with Crippen LogP contribution in [-0.2, 0) is 23.1 Å². The molecule has 146 valence electrons. The summed E-state index contributed by atoms with van der Waals surface area (Å²) in [5.74, 6) is 0.662. The van der Waals surface area contributed by atoms with E-state index in [4.69, 9.17) is 0 Å². The summed E-state index contributed by atoms with van der Waals surface area (Å²) in [5, 5.41) is 3.30. The molecule has 7 heteroatoms. The standard InChI is InChI=1S/C20H28N4O2S/c1-21-27(25,26)19-10-11-20(23-15-19)22-14-17-8-4-5-9-18(17)16-24-12-6-2-3-7-13-24/h4-5,8-11,15,21H,2-3,6-7,12-14,16H2,1H3,(H,22,23). The second-order valence-electron chi connectivity index (χ2n) is 6.90. The van der Waals surface area contributed by atoms with Gasteiger partial charge in [-0.2, -0.15) is 0 Å². The van der Waals surface area contributed by atoms with Crippen LogP contribution in [0.5, 0.6) is 0 Å². The van der Waals surface area contributed by atoms with E-state index in [-0.39, 0.29) is 4.90 Å². The highest BCUT2D eigenvalue weighted by Gasteiger charge is 2.13. The third kappa shape index (κ3) is 5.51. The minimum absolute atomic E-state index is 0.164. The van der Waals surface area contributed by atoms with Gasteiger partial charge in [-0.3, -0.25) is 4.90 Å². The molecule has 27 heavy (non-hydrogen) atoms. The van der Waals surface area contributed by atoms with Crippen molar-refractivity contribution in [2.24, 2.45) is 0 Å². The summed E-state index contributed by atoms with van der Waals surface area (Å²) in [6.45, 7) is 3.98. The lowest BCUT2D eigenvalue weighted by Crippen LogP contribution is -2.24. The second-order valence-corrected chi connectivity index (χ2v) is 8.79. The minimum atomic E-state index is -3.45. The Hall–Kier alpha value is -1.96. The Morgan fingerprint density at radius 1 is 1.00 bits per heavy atom. The highest BCUT2D eigenvalue weighted by atomic mass is 32.2. The first-order chi connectivity index (χ1) is 13.1. The van der Waals surface area contributed by atoms with Crippen LogP contribution < -0.4 is 10.0 Å². The number of likely N-dealkylation sites (tertiary alicyclic amines) is 1. The molecule has 0 atom stereocenters. The lowest BCUT2D eigenvalue weighted by molar-refractivity contribution is 0.276. The molecule has 0 bridgehead atoms. The SMILES string of the molecule is CNS(=O)(=O)c1ccc(NCc2ccccc2CN2CCCCCC2)nc1. The molecule has 1 aliphatic rings. The molecular weight excluding hydrogens is 360 g/mol. The average molecular weight is 389 g/mol. The van der Waals surface area contributed by atoms with Crippen molar-refractivity contribution in [3.8, 4) is 0 Å². The quantitative estimate of drug-likeness (QED) is 0.763. The molecule has 6 nitrogen and oxygen atoms in total. The zero-order valence-corrected chi connectivity index (χ0v) is 16.6. The van der Waals surface area contributed by atoms with Crippen molar-refractivity contribution in [3.63, 3.8) is 0 Å². The van der Waals surface area contributed by atoms with Gasteiger partial charge in [0.25, 0.3) is 0 Å². The number of aromatic nitrogens is 1. The van der Waals surface area contributed by atoms with Crippen LogP contribution in [0.25, 0.3) is 0 Å². The van der Waals surface area contributed by atoms with E-state index in [0.29, 0.717) is 12.4 Å². The van der Waals surface area contributed by atoms with E-state index in [9.17, 15) is 8.42 Å². The Kier molecular flexibility index (Phi) is 6.82. The predicted molar refractivity (Wildman–Crippen MR) is 108 cm³/mol. The largest absolute Gasteiger partial charge is 0.366 e. The van der Waals surface area contributed by atoms with E-state index in [1.165, 1.54) is 63.1 Å². The van der Waals surface area contributed by atoms with Gasteiger partial charge in [-0.25, -0.2) is 18.1 Å². The maximum Gasteiger partial charge on any atom is 0.241 e. The summed E-state index contributed by atoms with van der Waals surface area (Å²) >= 11 is 0. The van der Waals surface area contributed by atoms with Gasteiger partial charge < -0.3 is 5.32 Å². The Morgan fingerprint density at radius 3 is 2.33 bits per heavy atom. The molecule has 2 aromatic rings. The third-order valence-electron chi connectivity index (χ3n) is 4.99. The topological polar surface area (TPSA) is 74.3 Å². The van der Waals surface area contributed by atoms with E-state index in [1.54, 1.807) is 12.1 Å². The van der Waals surface area contributed by atoms with Gasteiger partial charge in [-0.1, -0.05) is 37.1 Å². The molecule has 0 aliphatic carbocycles. The Bertz CT molecular complexity index is 829. The summed E-state index contributed by atoms with van der Waals surface area (Å²) in [4.78, 5) is 6.93. The maximum atomic E-state index is 11.8. The van der Waals surface area contributed by atoms with Crippen LogP contribution in [-0.4, -0.2) is 38.4 Å². The third-order valence-corrected chi connectivity index (χ3v) is 6.39. The maximum absolute atomic E-state index is 11.8. The number of pyridine rings is 1. The fourth-order valence-electron chi connectivity index (χ4n) is 3.37. The molecule has 0 spiro atoms. The number of anilines is 1. The number of sulfonamides is 1. The van der Waals surface area contributed by atoms with Crippen molar-refractivity contribution in [1.29, 1.82) is 0 Å². The molecule has 0 unspecified atom stereocenters. The first-order valence-electron chi connectivity index (χ1n) is 9.51. The molecule has 0 radical (unpaired) electrons. The Balaban J connectivity index is 1.64. The van der Waals surface area contributed by atoms with E-state index in [2.05, 4.69) is 44.2 Å². The van der Waals surface area contributed by atoms with Gasteiger partial charge in [0.2, 0.25) is 10.0 Å². The fourth-order valence-corrected chi connectivity index (χ4v) is 4.04. The highest BCUT2D eigenvalue weighted by Crippen LogP contribution is 2.18. The zero-order valence-electron chi connectivity index (χ0n) is 15.8. The van der Waals surface area contributed by atoms with Crippen molar-refractivity contribution in [3.05, 3.63) is 53.7 Å². The fraction of sp³-hybridized carbons (Fsp3) is 0.450. The molecule has 1 aromatic carbocycles.